The molecule has 0 aliphatic rings. The number of rotatable bonds is 5. The van der Waals surface area contributed by atoms with Gasteiger partial charge in [-0.3, -0.25) is 10.2 Å². The Labute approximate surface area is 108 Å². The Balaban J connectivity index is 2.87. The third-order valence-corrected chi connectivity index (χ3v) is 1.94. The van der Waals surface area contributed by atoms with Gasteiger partial charge in [0.2, 0.25) is 5.71 Å². The van der Waals surface area contributed by atoms with Gasteiger partial charge >= 0.3 is 5.97 Å². The Morgan fingerprint density at radius 3 is 2.95 bits per heavy atom. The second kappa shape index (κ2) is 6.75. The summed E-state index contributed by atoms with van der Waals surface area (Å²) in [5, 5.41) is 14.5. The third-order valence-electron chi connectivity index (χ3n) is 1.94. The molecule has 0 aliphatic heterocycles. The second-order valence-corrected chi connectivity index (χ2v) is 3.11. The predicted molar refractivity (Wildman–Crippen MR) is 65.3 cm³/mol. The average Bonchev–Trinajstić information content (AvgIpc) is 2.87. The molecule has 9 nitrogen and oxygen atoms in total. The quantitative estimate of drug-likeness (QED) is 0.377. The van der Waals surface area contributed by atoms with Crippen molar-refractivity contribution >= 4 is 23.4 Å². The highest BCUT2D eigenvalue weighted by atomic mass is 16.5. The zero-order valence-corrected chi connectivity index (χ0v) is 10.4. The standard InChI is InChI=1S/C10H12N6O3/c1-3-19-10(18)7-8(14-5-13-7)16-15-6(4-11)9(17)12-2/h5,16H,3H2,1-2H3,(H,12,17)(H,13,14)/b15-6+. The van der Waals surface area contributed by atoms with Gasteiger partial charge in [-0.1, -0.05) is 0 Å². The zero-order chi connectivity index (χ0) is 14.3. The van der Waals surface area contributed by atoms with E-state index in [0.29, 0.717) is 0 Å². The molecule has 100 valence electrons. The number of aromatic amines is 1. The number of carbonyl (C=O) groups excluding carboxylic acids is 2. The number of hydrogen-bond acceptors (Lipinski definition) is 7. The number of esters is 1. The third kappa shape index (κ3) is 3.53. The molecule has 1 aromatic heterocycles. The number of carbonyl (C=O) groups is 2. The maximum atomic E-state index is 11.5. The number of ether oxygens (including phenoxy) is 1. The number of anilines is 1. The highest BCUT2D eigenvalue weighted by Crippen LogP contribution is 2.10. The van der Waals surface area contributed by atoms with Crippen LogP contribution in [0, 0.1) is 11.3 Å². The fourth-order valence-electron chi connectivity index (χ4n) is 1.09. The molecule has 0 saturated carbocycles. The van der Waals surface area contributed by atoms with Crippen molar-refractivity contribution in [3.63, 3.8) is 0 Å². The molecule has 1 amide bonds. The molecule has 0 bridgehead atoms. The number of imidazole rings is 1. The maximum Gasteiger partial charge on any atom is 0.358 e. The minimum Gasteiger partial charge on any atom is -0.461 e. The van der Waals surface area contributed by atoms with Gasteiger partial charge in [-0.05, 0) is 6.92 Å². The lowest BCUT2D eigenvalue weighted by Gasteiger charge is -2.02. The van der Waals surface area contributed by atoms with Crippen LogP contribution in [0.15, 0.2) is 11.4 Å². The van der Waals surface area contributed by atoms with E-state index in [-0.39, 0.29) is 23.8 Å². The molecule has 1 heterocycles. The van der Waals surface area contributed by atoms with Gasteiger partial charge in [0.05, 0.1) is 12.9 Å². The van der Waals surface area contributed by atoms with Crippen molar-refractivity contribution in [1.29, 1.82) is 5.26 Å². The second-order valence-electron chi connectivity index (χ2n) is 3.11. The molecule has 0 atom stereocenters. The molecule has 1 rings (SSSR count). The number of nitrogens with zero attached hydrogens (tertiary/aromatic N) is 3. The van der Waals surface area contributed by atoms with E-state index >= 15 is 0 Å². The number of hydrogen-bond donors (Lipinski definition) is 3. The Bertz CT molecular complexity index is 542. The van der Waals surface area contributed by atoms with Crippen molar-refractivity contribution in [2.75, 3.05) is 19.1 Å². The van der Waals surface area contributed by atoms with Crippen molar-refractivity contribution < 1.29 is 14.3 Å². The summed E-state index contributed by atoms with van der Waals surface area (Å²) in [6.07, 6.45) is 1.26. The van der Waals surface area contributed by atoms with Crippen LogP contribution in [0.2, 0.25) is 0 Å². The van der Waals surface area contributed by atoms with Crippen LogP contribution >= 0.6 is 0 Å². The largest absolute Gasteiger partial charge is 0.461 e. The van der Waals surface area contributed by atoms with Crippen LogP contribution in [0.25, 0.3) is 0 Å². The number of nitriles is 1. The lowest BCUT2D eigenvalue weighted by atomic mass is 10.4. The number of nitrogens with one attached hydrogen (secondary N) is 3. The van der Waals surface area contributed by atoms with Crippen molar-refractivity contribution in [2.45, 2.75) is 6.92 Å². The van der Waals surface area contributed by atoms with E-state index in [0.717, 1.165) is 0 Å². The maximum absolute atomic E-state index is 11.5. The number of aromatic nitrogens is 2. The lowest BCUT2D eigenvalue weighted by molar-refractivity contribution is -0.114. The van der Waals surface area contributed by atoms with Crippen LogP contribution in [-0.4, -0.2) is 41.2 Å². The molecule has 3 N–H and O–H groups in total. The van der Waals surface area contributed by atoms with Crippen LogP contribution in [0.1, 0.15) is 17.4 Å². The van der Waals surface area contributed by atoms with Crippen LogP contribution in [0.3, 0.4) is 0 Å². The monoisotopic (exact) mass is 264 g/mol. The van der Waals surface area contributed by atoms with Gasteiger partial charge in [0.1, 0.15) is 6.07 Å². The Morgan fingerprint density at radius 2 is 2.37 bits per heavy atom. The van der Waals surface area contributed by atoms with E-state index in [1.165, 1.54) is 13.4 Å². The first kappa shape index (κ1) is 14.2. The van der Waals surface area contributed by atoms with Crippen molar-refractivity contribution in [3.05, 3.63) is 12.0 Å². The predicted octanol–water partition coefficient (Wildman–Crippen LogP) is -0.376. The molecule has 19 heavy (non-hydrogen) atoms. The fraction of sp³-hybridized carbons (Fsp3) is 0.300. The molecule has 9 heteroatoms. The van der Waals surface area contributed by atoms with E-state index in [2.05, 4.69) is 25.8 Å². The molecule has 1 aromatic rings. The number of amides is 1. The summed E-state index contributed by atoms with van der Waals surface area (Å²) >= 11 is 0. The summed E-state index contributed by atoms with van der Waals surface area (Å²) in [7, 11) is 1.37. The minimum atomic E-state index is -0.650. The summed E-state index contributed by atoms with van der Waals surface area (Å²) in [6, 6.07) is 1.61. The SMILES string of the molecule is CCOC(=O)c1[nH]cnc1N/N=C(\C#N)C(=O)NC. The van der Waals surface area contributed by atoms with Crippen LogP contribution in [-0.2, 0) is 9.53 Å². The van der Waals surface area contributed by atoms with E-state index < -0.39 is 11.9 Å². The van der Waals surface area contributed by atoms with Crippen molar-refractivity contribution in [2.24, 2.45) is 5.10 Å². The molecule has 0 aliphatic carbocycles. The molecule has 0 radical (unpaired) electrons. The molecule has 0 fully saturated rings. The van der Waals surface area contributed by atoms with Crippen LogP contribution in [0.5, 0.6) is 0 Å². The van der Waals surface area contributed by atoms with E-state index in [9.17, 15) is 9.59 Å². The average molecular weight is 264 g/mol. The summed E-state index contributed by atoms with van der Waals surface area (Å²) in [6.45, 7) is 1.88. The first-order valence-corrected chi connectivity index (χ1v) is 5.30. The zero-order valence-electron chi connectivity index (χ0n) is 10.4. The lowest BCUT2D eigenvalue weighted by Crippen LogP contribution is -2.27. The minimum absolute atomic E-state index is 0.0554. The van der Waals surface area contributed by atoms with Gasteiger partial charge in [0.25, 0.3) is 5.91 Å². The van der Waals surface area contributed by atoms with Gasteiger partial charge < -0.3 is 15.0 Å². The van der Waals surface area contributed by atoms with Gasteiger partial charge in [-0.25, -0.2) is 9.78 Å². The number of H-pyrrole nitrogens is 1. The van der Waals surface area contributed by atoms with E-state index in [1.807, 2.05) is 0 Å². The summed E-state index contributed by atoms with van der Waals surface area (Å²) in [5.41, 5.74) is 2.03. The molecule has 0 aromatic carbocycles. The smallest absolute Gasteiger partial charge is 0.358 e. The molecule has 0 saturated heterocycles. The molecule has 0 spiro atoms. The normalized spacial score (nSPS) is 10.5. The van der Waals surface area contributed by atoms with Gasteiger partial charge in [0, 0.05) is 7.05 Å². The topological polar surface area (TPSA) is 132 Å². The first-order chi connectivity index (χ1) is 9.13. The summed E-state index contributed by atoms with van der Waals surface area (Å²) < 4.78 is 4.79. The van der Waals surface area contributed by atoms with Gasteiger partial charge in [-0.15, -0.1) is 0 Å². The van der Waals surface area contributed by atoms with Gasteiger partial charge in [-0.2, -0.15) is 10.4 Å². The van der Waals surface area contributed by atoms with E-state index in [1.54, 1.807) is 13.0 Å². The van der Waals surface area contributed by atoms with E-state index in [4.69, 9.17) is 10.00 Å². The van der Waals surface area contributed by atoms with Crippen molar-refractivity contribution in [1.82, 2.24) is 15.3 Å². The molecular weight excluding hydrogens is 252 g/mol. The Kier molecular flexibility index (Phi) is 5.04. The van der Waals surface area contributed by atoms with Gasteiger partial charge in [0.15, 0.2) is 11.5 Å². The molecule has 0 unspecified atom stereocenters. The molecular formula is C10H12N6O3. The Hall–Kier alpha value is -2.89. The summed E-state index contributed by atoms with van der Waals surface area (Å²) in [4.78, 5) is 29.1. The number of hydrazone groups is 1. The Morgan fingerprint density at radius 1 is 1.63 bits per heavy atom. The van der Waals surface area contributed by atoms with Crippen LogP contribution in [0.4, 0.5) is 5.82 Å². The first-order valence-electron chi connectivity index (χ1n) is 5.30. The fourth-order valence-corrected chi connectivity index (χ4v) is 1.09. The summed E-state index contributed by atoms with van der Waals surface area (Å²) in [5.74, 6) is -1.20. The van der Waals surface area contributed by atoms with Crippen molar-refractivity contribution in [3.8, 4) is 6.07 Å². The highest BCUT2D eigenvalue weighted by molar-refractivity contribution is 6.45. The van der Waals surface area contributed by atoms with Crippen LogP contribution < -0.4 is 10.7 Å². The highest BCUT2D eigenvalue weighted by Gasteiger charge is 2.16.